The summed E-state index contributed by atoms with van der Waals surface area (Å²) < 4.78 is 40.2. The summed E-state index contributed by atoms with van der Waals surface area (Å²) in [5, 5.41) is 5.55. The monoisotopic (exact) mass is 834 g/mol. The summed E-state index contributed by atoms with van der Waals surface area (Å²) in [5.41, 5.74) is 3.70. The molecule has 0 aromatic heterocycles. The van der Waals surface area contributed by atoms with E-state index < -0.39 is 17.7 Å². The summed E-state index contributed by atoms with van der Waals surface area (Å²) in [7, 11) is 0. The van der Waals surface area contributed by atoms with Gasteiger partial charge in [0.1, 0.15) is 18.1 Å². The number of esters is 1. The van der Waals surface area contributed by atoms with Crippen LogP contribution in [0.3, 0.4) is 0 Å². The van der Waals surface area contributed by atoms with Gasteiger partial charge in [0.05, 0.1) is 51.8 Å². The predicted octanol–water partition coefficient (Wildman–Crippen LogP) is 6.00. The number of anilines is 2. The van der Waals surface area contributed by atoms with E-state index in [0.29, 0.717) is 80.3 Å². The number of alkyl halides is 1. The SMILES string of the molecule is O=C(NCCOCCOCCCCCCCl)OCCOCCOCCNC(=O)c1ccc2c(c1)C1(OC2=O)c2ccc(N3CCC3)cc2Oc2cc(N3CCC3)ccc21. The molecule has 2 N–H and O–H groups in total. The Morgan fingerprint density at radius 1 is 0.644 bits per heavy atom. The highest BCUT2D eigenvalue weighted by Gasteiger charge is 2.54. The number of amides is 2. The highest BCUT2D eigenvalue weighted by Crippen LogP contribution is 2.57. The molecule has 0 unspecified atom stereocenters. The van der Waals surface area contributed by atoms with Gasteiger partial charge in [-0.1, -0.05) is 12.8 Å². The maximum atomic E-state index is 13.6. The van der Waals surface area contributed by atoms with Crippen molar-refractivity contribution >= 4 is 40.9 Å². The quantitative estimate of drug-likeness (QED) is 0.0621. The van der Waals surface area contributed by atoms with Crippen molar-refractivity contribution in [2.45, 2.75) is 44.1 Å². The lowest BCUT2D eigenvalue weighted by molar-refractivity contribution is 0.0224. The van der Waals surface area contributed by atoms with Gasteiger partial charge in [0.2, 0.25) is 0 Å². The minimum Gasteiger partial charge on any atom is -0.456 e. The van der Waals surface area contributed by atoms with Gasteiger partial charge in [-0.2, -0.15) is 0 Å². The number of alkyl carbamates (subject to hydrolysis) is 1. The van der Waals surface area contributed by atoms with E-state index in [0.717, 1.165) is 87.2 Å². The van der Waals surface area contributed by atoms with Crippen molar-refractivity contribution in [2.24, 2.45) is 0 Å². The van der Waals surface area contributed by atoms with Crippen LogP contribution in [0.25, 0.3) is 0 Å². The summed E-state index contributed by atoms with van der Waals surface area (Å²) >= 11 is 5.67. The lowest BCUT2D eigenvalue weighted by atomic mass is 9.77. The summed E-state index contributed by atoms with van der Waals surface area (Å²) in [4.78, 5) is 43.4. The Hall–Kier alpha value is -4.60. The molecule has 4 heterocycles. The molecule has 0 radical (unpaired) electrons. The fourth-order valence-corrected chi connectivity index (χ4v) is 7.68. The zero-order chi connectivity index (χ0) is 40.9. The smallest absolute Gasteiger partial charge is 0.407 e. The number of carbonyl (C=O) groups excluding carboxylic acids is 3. The number of hydrogen-bond donors (Lipinski definition) is 2. The Morgan fingerprint density at radius 2 is 1.22 bits per heavy atom. The molecule has 3 aromatic rings. The van der Waals surface area contributed by atoms with Crippen LogP contribution >= 0.6 is 11.6 Å². The molecule has 7 rings (SSSR count). The largest absolute Gasteiger partial charge is 0.456 e. The van der Waals surface area contributed by atoms with Gasteiger partial charge in [0.25, 0.3) is 5.91 Å². The third-order valence-electron chi connectivity index (χ3n) is 10.9. The van der Waals surface area contributed by atoms with Gasteiger partial charge in [-0.3, -0.25) is 4.79 Å². The maximum absolute atomic E-state index is 13.6. The molecule has 0 atom stereocenters. The van der Waals surface area contributed by atoms with Crippen molar-refractivity contribution in [1.29, 1.82) is 0 Å². The van der Waals surface area contributed by atoms with Gasteiger partial charge in [-0.05, 0) is 68.1 Å². The molecule has 0 aliphatic carbocycles. The minimum atomic E-state index is -1.28. The van der Waals surface area contributed by atoms with E-state index >= 15 is 0 Å². The lowest BCUT2D eigenvalue weighted by Crippen LogP contribution is -2.38. The van der Waals surface area contributed by atoms with Crippen LogP contribution in [-0.4, -0.2) is 123 Å². The molecule has 2 fully saturated rings. The number of ether oxygens (including phenoxy) is 7. The van der Waals surface area contributed by atoms with Gasteiger partial charge in [0.15, 0.2) is 5.60 Å². The van der Waals surface area contributed by atoms with E-state index in [2.05, 4.69) is 32.6 Å². The minimum absolute atomic E-state index is 0.101. The van der Waals surface area contributed by atoms with Crippen LogP contribution in [0.4, 0.5) is 16.2 Å². The van der Waals surface area contributed by atoms with Gasteiger partial charge in [-0.25, -0.2) is 9.59 Å². The Morgan fingerprint density at radius 3 is 1.83 bits per heavy atom. The van der Waals surface area contributed by atoms with Gasteiger partial charge < -0.3 is 53.6 Å². The summed E-state index contributed by atoms with van der Waals surface area (Å²) in [6.45, 7) is 7.81. The number of halogens is 1. The predicted molar refractivity (Wildman–Crippen MR) is 223 cm³/mol. The van der Waals surface area contributed by atoms with Crippen LogP contribution in [-0.2, 0) is 34.0 Å². The van der Waals surface area contributed by atoms with Crippen molar-refractivity contribution in [2.75, 3.05) is 114 Å². The van der Waals surface area contributed by atoms with Crippen LogP contribution in [0.2, 0.25) is 0 Å². The van der Waals surface area contributed by atoms with Crippen molar-refractivity contribution in [3.63, 3.8) is 0 Å². The molecule has 15 heteroatoms. The van der Waals surface area contributed by atoms with Crippen molar-refractivity contribution in [3.8, 4) is 11.5 Å². The second-order valence-electron chi connectivity index (χ2n) is 14.8. The molecule has 2 amide bonds. The molecule has 4 aliphatic rings. The molecule has 1 spiro atoms. The topological polar surface area (TPSA) is 146 Å². The van der Waals surface area contributed by atoms with Crippen molar-refractivity contribution < 1.29 is 47.5 Å². The molecule has 59 heavy (non-hydrogen) atoms. The second-order valence-corrected chi connectivity index (χ2v) is 15.2. The lowest BCUT2D eigenvalue weighted by Gasteiger charge is -2.39. The molecule has 0 saturated carbocycles. The zero-order valence-electron chi connectivity index (χ0n) is 33.6. The van der Waals surface area contributed by atoms with Crippen LogP contribution in [0, 0.1) is 0 Å². The first-order chi connectivity index (χ1) is 29.0. The van der Waals surface area contributed by atoms with Crippen molar-refractivity contribution in [1.82, 2.24) is 10.6 Å². The summed E-state index contributed by atoms with van der Waals surface area (Å²) in [5.74, 6) is 1.22. The van der Waals surface area contributed by atoms with Crippen LogP contribution in [0.1, 0.15) is 75.9 Å². The third kappa shape index (κ3) is 10.4. The Kier molecular flexibility index (Phi) is 15.2. The summed E-state index contributed by atoms with van der Waals surface area (Å²) in [6, 6.07) is 17.2. The molecule has 14 nitrogen and oxygen atoms in total. The molecule has 3 aromatic carbocycles. The number of nitrogens with one attached hydrogen (secondary N) is 2. The Balaban J connectivity index is 0.827. The zero-order valence-corrected chi connectivity index (χ0v) is 34.4. The molecule has 2 saturated heterocycles. The average Bonchev–Trinajstić information content (AvgIpc) is 3.48. The number of benzene rings is 3. The molecule has 0 bridgehead atoms. The fourth-order valence-electron chi connectivity index (χ4n) is 7.49. The van der Waals surface area contributed by atoms with E-state index in [1.165, 1.54) is 0 Å². The van der Waals surface area contributed by atoms with Gasteiger partial charge in [0, 0.05) is 97.5 Å². The number of fused-ring (bicyclic) bond motifs is 6. The van der Waals surface area contributed by atoms with Gasteiger partial charge >= 0.3 is 12.1 Å². The highest BCUT2D eigenvalue weighted by atomic mass is 35.5. The number of unbranched alkanes of at least 4 members (excludes halogenated alkanes) is 3. The molecular formula is C44H55ClN4O10. The van der Waals surface area contributed by atoms with Crippen LogP contribution in [0.5, 0.6) is 11.5 Å². The Labute approximate surface area is 350 Å². The normalized spacial score (nSPS) is 15.6. The average molecular weight is 835 g/mol. The first-order valence-corrected chi connectivity index (χ1v) is 21.4. The van der Waals surface area contributed by atoms with E-state index in [-0.39, 0.29) is 32.3 Å². The fraction of sp³-hybridized carbons (Fsp3) is 0.523. The van der Waals surface area contributed by atoms with E-state index in [1.807, 2.05) is 24.3 Å². The second kappa shape index (κ2) is 21.1. The molecule has 4 aliphatic heterocycles. The first kappa shape index (κ1) is 42.5. The number of nitrogens with zero attached hydrogens (tertiary/aromatic N) is 2. The highest BCUT2D eigenvalue weighted by molar-refractivity contribution is 6.17. The van der Waals surface area contributed by atoms with Crippen LogP contribution in [0.15, 0.2) is 54.6 Å². The number of rotatable bonds is 24. The van der Waals surface area contributed by atoms with E-state index in [4.69, 9.17) is 44.8 Å². The number of carbonyl (C=O) groups is 3. The van der Waals surface area contributed by atoms with E-state index in [9.17, 15) is 14.4 Å². The molecular weight excluding hydrogens is 780 g/mol. The number of hydrogen-bond acceptors (Lipinski definition) is 12. The Bertz CT molecular complexity index is 1840. The third-order valence-corrected chi connectivity index (χ3v) is 11.2. The first-order valence-electron chi connectivity index (χ1n) is 20.9. The molecule has 318 valence electrons. The standard InChI is InChI=1S/C44H55ClN4O10/c45-13-3-1-2-4-20-53-23-24-55-22-15-47-43(52)57-28-27-56-26-25-54-21-14-46-41(50)32-7-10-35-38(29-32)44(59-42(35)51)36-11-8-33(48-16-5-17-48)30-39(36)58-40-31-34(9-12-37(40)44)49-18-6-19-49/h7-12,29-31H,1-6,13-28H2,(H,46,50)(H,47,52). The van der Waals surface area contributed by atoms with Gasteiger partial charge in [-0.15, -0.1) is 11.6 Å². The maximum Gasteiger partial charge on any atom is 0.407 e. The van der Waals surface area contributed by atoms with E-state index in [1.54, 1.807) is 18.2 Å². The summed E-state index contributed by atoms with van der Waals surface area (Å²) in [6.07, 6.45) is 6.06. The van der Waals surface area contributed by atoms with Crippen molar-refractivity contribution in [3.05, 3.63) is 82.4 Å². The van der Waals surface area contributed by atoms with Crippen LogP contribution < -0.4 is 25.2 Å².